The van der Waals surface area contributed by atoms with Crippen molar-refractivity contribution in [2.75, 3.05) is 49.4 Å². The van der Waals surface area contributed by atoms with Gasteiger partial charge in [0.1, 0.15) is 0 Å². The molecule has 0 saturated carbocycles. The zero-order valence-electron chi connectivity index (χ0n) is 17.5. The van der Waals surface area contributed by atoms with E-state index in [0.717, 1.165) is 19.5 Å². The van der Waals surface area contributed by atoms with E-state index in [4.69, 9.17) is 0 Å². The normalized spacial score (nSPS) is 10.6. The third-order valence-corrected chi connectivity index (χ3v) is 5.16. The van der Waals surface area contributed by atoms with Gasteiger partial charge in [-0.2, -0.15) is 0 Å². The van der Waals surface area contributed by atoms with Crippen LogP contribution in [0.15, 0.2) is 78.9 Å². The number of anilines is 3. The van der Waals surface area contributed by atoms with Gasteiger partial charge in [-0.15, -0.1) is 0 Å². The van der Waals surface area contributed by atoms with E-state index in [1.165, 1.54) is 28.2 Å². The molecule has 0 spiro atoms. The van der Waals surface area contributed by atoms with Crippen LogP contribution in [-0.4, -0.2) is 34.7 Å². The highest BCUT2D eigenvalue weighted by Crippen LogP contribution is 2.29. The molecular weight excluding hydrogens is 342 g/mol. The average Bonchev–Trinajstić information content (AvgIpc) is 2.73. The first-order valence-corrected chi connectivity index (χ1v) is 9.86. The fourth-order valence-electron chi connectivity index (χ4n) is 3.43. The largest absolute Gasteiger partial charge is 0.378 e. The minimum Gasteiger partial charge on any atom is -0.378 e. The zero-order chi connectivity index (χ0) is 19.9. The first-order chi connectivity index (χ1) is 13.5. The summed E-state index contributed by atoms with van der Waals surface area (Å²) < 4.78 is 0. The Morgan fingerprint density at radius 2 is 1.14 bits per heavy atom. The average molecular weight is 374 g/mol. The van der Waals surface area contributed by atoms with E-state index in [9.17, 15) is 0 Å². The lowest BCUT2D eigenvalue weighted by Gasteiger charge is -2.28. The Balaban J connectivity index is 1.69. The number of hydrogen-bond acceptors (Lipinski definition) is 3. The van der Waals surface area contributed by atoms with Gasteiger partial charge in [0.05, 0.1) is 11.4 Å². The monoisotopic (exact) mass is 373 g/mol. The highest BCUT2D eigenvalue weighted by molar-refractivity contribution is 5.71. The molecule has 0 aliphatic heterocycles. The molecule has 0 bridgehead atoms. The molecule has 0 aliphatic carbocycles. The van der Waals surface area contributed by atoms with Crippen LogP contribution in [0.25, 0.3) is 0 Å². The molecule has 3 aromatic rings. The van der Waals surface area contributed by atoms with Gasteiger partial charge in [-0.3, -0.25) is 0 Å². The maximum Gasteiger partial charge on any atom is 0.0604 e. The van der Waals surface area contributed by atoms with Gasteiger partial charge in [-0.1, -0.05) is 54.6 Å². The second-order valence-corrected chi connectivity index (χ2v) is 7.56. The molecule has 3 heteroatoms. The Morgan fingerprint density at radius 1 is 0.571 bits per heavy atom. The van der Waals surface area contributed by atoms with Crippen LogP contribution >= 0.6 is 0 Å². The Hall–Kier alpha value is -2.94. The van der Waals surface area contributed by atoms with Gasteiger partial charge in [0, 0.05) is 47.0 Å². The van der Waals surface area contributed by atoms with Crippen molar-refractivity contribution in [3.8, 4) is 0 Å². The first-order valence-electron chi connectivity index (χ1n) is 9.86. The zero-order valence-corrected chi connectivity index (χ0v) is 17.5. The Labute approximate surface area is 169 Å². The third kappa shape index (κ3) is 5.07. The number of para-hydroxylation sites is 2. The summed E-state index contributed by atoms with van der Waals surface area (Å²) in [5.41, 5.74) is 6.45. The fourth-order valence-corrected chi connectivity index (χ4v) is 3.43. The van der Waals surface area contributed by atoms with Crippen molar-refractivity contribution in [1.82, 2.24) is 0 Å². The highest BCUT2D eigenvalue weighted by Gasteiger charge is 2.11. The third-order valence-electron chi connectivity index (χ3n) is 5.16. The summed E-state index contributed by atoms with van der Waals surface area (Å²) in [6.07, 6.45) is 1.04. The van der Waals surface area contributed by atoms with E-state index in [1.54, 1.807) is 0 Å². The summed E-state index contributed by atoms with van der Waals surface area (Å²) >= 11 is 0. The van der Waals surface area contributed by atoms with E-state index >= 15 is 0 Å². The van der Waals surface area contributed by atoms with Gasteiger partial charge in [-0.25, -0.2) is 0 Å². The molecule has 0 radical (unpaired) electrons. The van der Waals surface area contributed by atoms with Crippen LogP contribution in [-0.2, 0) is 13.0 Å². The smallest absolute Gasteiger partial charge is 0.0604 e. The second kappa shape index (κ2) is 9.32. The number of hydrogen-bond donors (Lipinski definition) is 0. The SMILES string of the molecule is CN(C)c1ccc(CN(C)c2ccccc2N(C)CCc2ccccc2)cc1. The number of benzene rings is 3. The van der Waals surface area contributed by atoms with Crippen LogP contribution in [0.2, 0.25) is 0 Å². The summed E-state index contributed by atoms with van der Waals surface area (Å²) in [6.45, 7) is 1.88. The quantitative estimate of drug-likeness (QED) is 0.546. The van der Waals surface area contributed by atoms with E-state index in [0.29, 0.717) is 0 Å². The van der Waals surface area contributed by atoms with Crippen molar-refractivity contribution in [3.05, 3.63) is 90.0 Å². The summed E-state index contributed by atoms with van der Waals surface area (Å²) in [4.78, 5) is 6.82. The van der Waals surface area contributed by atoms with E-state index in [2.05, 4.69) is 122 Å². The van der Waals surface area contributed by atoms with Crippen LogP contribution in [0.4, 0.5) is 17.1 Å². The van der Waals surface area contributed by atoms with Crippen LogP contribution in [0.5, 0.6) is 0 Å². The Morgan fingerprint density at radius 3 is 1.75 bits per heavy atom. The summed E-state index contributed by atoms with van der Waals surface area (Å²) in [6, 6.07) is 28.1. The van der Waals surface area contributed by atoms with E-state index in [1.807, 2.05) is 0 Å². The molecule has 0 atom stereocenters. The van der Waals surface area contributed by atoms with Crippen molar-refractivity contribution in [2.24, 2.45) is 0 Å². The lowest BCUT2D eigenvalue weighted by atomic mass is 10.1. The molecular formula is C25H31N3. The second-order valence-electron chi connectivity index (χ2n) is 7.56. The van der Waals surface area contributed by atoms with Gasteiger partial charge in [-0.05, 0) is 41.8 Å². The van der Waals surface area contributed by atoms with Crippen molar-refractivity contribution >= 4 is 17.1 Å². The molecule has 0 fully saturated rings. The maximum atomic E-state index is 2.36. The van der Waals surface area contributed by atoms with Gasteiger partial charge >= 0.3 is 0 Å². The predicted molar refractivity (Wildman–Crippen MR) is 123 cm³/mol. The van der Waals surface area contributed by atoms with Crippen molar-refractivity contribution in [1.29, 1.82) is 0 Å². The van der Waals surface area contributed by atoms with Crippen molar-refractivity contribution < 1.29 is 0 Å². The Bertz CT molecular complexity index is 856. The lowest BCUT2D eigenvalue weighted by molar-refractivity contribution is 0.861. The van der Waals surface area contributed by atoms with Crippen LogP contribution in [0.3, 0.4) is 0 Å². The van der Waals surface area contributed by atoms with Crippen LogP contribution < -0.4 is 14.7 Å². The van der Waals surface area contributed by atoms with Gasteiger partial charge in [0.15, 0.2) is 0 Å². The van der Waals surface area contributed by atoms with Crippen LogP contribution in [0, 0.1) is 0 Å². The minimum absolute atomic E-state index is 0.886. The van der Waals surface area contributed by atoms with Gasteiger partial charge in [0.25, 0.3) is 0 Å². The van der Waals surface area contributed by atoms with E-state index < -0.39 is 0 Å². The number of likely N-dealkylation sites (N-methyl/N-ethyl adjacent to an activating group) is 1. The van der Waals surface area contributed by atoms with Crippen molar-refractivity contribution in [2.45, 2.75) is 13.0 Å². The molecule has 3 aromatic carbocycles. The number of rotatable bonds is 8. The molecule has 3 rings (SSSR count). The van der Waals surface area contributed by atoms with E-state index in [-0.39, 0.29) is 0 Å². The predicted octanol–water partition coefficient (Wildman–Crippen LogP) is 5.07. The Kier molecular flexibility index (Phi) is 6.59. The van der Waals surface area contributed by atoms with Gasteiger partial charge < -0.3 is 14.7 Å². The molecule has 28 heavy (non-hydrogen) atoms. The highest BCUT2D eigenvalue weighted by atomic mass is 15.2. The summed E-state index contributed by atoms with van der Waals surface area (Å²) in [7, 11) is 8.50. The molecule has 0 saturated heterocycles. The molecule has 0 aliphatic rings. The molecule has 0 N–H and O–H groups in total. The molecule has 3 nitrogen and oxygen atoms in total. The molecule has 0 amide bonds. The van der Waals surface area contributed by atoms with Gasteiger partial charge in [0.2, 0.25) is 0 Å². The van der Waals surface area contributed by atoms with Crippen molar-refractivity contribution in [3.63, 3.8) is 0 Å². The molecule has 0 unspecified atom stereocenters. The standard InChI is InChI=1S/C25H31N3/c1-26(2)23-16-14-22(15-17-23)20-28(4)25-13-9-8-12-24(25)27(3)19-18-21-10-6-5-7-11-21/h5-17H,18-20H2,1-4H3. The fraction of sp³-hybridized carbons (Fsp3) is 0.280. The van der Waals surface area contributed by atoms with Crippen LogP contribution in [0.1, 0.15) is 11.1 Å². The minimum atomic E-state index is 0.886. The molecule has 0 aromatic heterocycles. The molecule has 146 valence electrons. The maximum absolute atomic E-state index is 2.36. The summed E-state index contributed by atoms with van der Waals surface area (Å²) in [5.74, 6) is 0. The summed E-state index contributed by atoms with van der Waals surface area (Å²) in [5, 5.41) is 0. The molecule has 0 heterocycles. The lowest BCUT2D eigenvalue weighted by Crippen LogP contribution is -2.24. The topological polar surface area (TPSA) is 9.72 Å². The number of nitrogens with zero attached hydrogens (tertiary/aromatic N) is 3. The first kappa shape index (κ1) is 19.8.